The van der Waals surface area contributed by atoms with Crippen LogP contribution < -0.4 is 5.32 Å². The van der Waals surface area contributed by atoms with Crippen LogP contribution >= 0.6 is 0 Å². The van der Waals surface area contributed by atoms with Crippen molar-refractivity contribution in [2.24, 2.45) is 11.8 Å². The van der Waals surface area contributed by atoms with Crippen LogP contribution in [0.5, 0.6) is 0 Å². The highest BCUT2D eigenvalue weighted by Gasteiger charge is 2.31. The maximum Gasteiger partial charge on any atom is 0.225 e. The van der Waals surface area contributed by atoms with Gasteiger partial charge in [0.25, 0.3) is 0 Å². The first kappa shape index (κ1) is 11.9. The summed E-state index contributed by atoms with van der Waals surface area (Å²) in [4.78, 5) is 14.3. The number of hydrogen-bond donors (Lipinski definition) is 1. The van der Waals surface area contributed by atoms with Crippen LogP contribution in [-0.2, 0) is 9.53 Å². The van der Waals surface area contributed by atoms with Crippen molar-refractivity contribution in [1.29, 1.82) is 0 Å². The summed E-state index contributed by atoms with van der Waals surface area (Å²) >= 11 is 0. The summed E-state index contributed by atoms with van der Waals surface area (Å²) in [5.74, 6) is 1.23. The Hall–Kier alpha value is -0.610. The molecule has 0 radical (unpaired) electrons. The molecule has 92 valence electrons. The Bertz CT molecular complexity index is 239. The van der Waals surface area contributed by atoms with E-state index in [2.05, 4.69) is 10.2 Å². The smallest absolute Gasteiger partial charge is 0.225 e. The van der Waals surface area contributed by atoms with Crippen molar-refractivity contribution < 1.29 is 9.53 Å². The van der Waals surface area contributed by atoms with E-state index in [9.17, 15) is 4.79 Å². The molecule has 2 fully saturated rings. The molecular weight excluding hydrogens is 204 g/mol. The minimum absolute atomic E-state index is 0.224. The first-order valence-corrected chi connectivity index (χ1v) is 6.32. The molecule has 2 aliphatic rings. The number of rotatable bonds is 3. The fraction of sp³-hybridized carbons (Fsp3) is 0.917. The van der Waals surface area contributed by atoms with E-state index in [0.717, 1.165) is 52.1 Å². The molecule has 2 rings (SSSR count). The van der Waals surface area contributed by atoms with Gasteiger partial charge in [0.1, 0.15) is 0 Å². The third-order valence-corrected chi connectivity index (χ3v) is 3.66. The van der Waals surface area contributed by atoms with Gasteiger partial charge in [-0.2, -0.15) is 0 Å². The Morgan fingerprint density at radius 2 is 2.12 bits per heavy atom. The average molecular weight is 226 g/mol. The summed E-state index contributed by atoms with van der Waals surface area (Å²) in [7, 11) is 1.98. The van der Waals surface area contributed by atoms with E-state index in [1.807, 2.05) is 7.05 Å². The zero-order valence-electron chi connectivity index (χ0n) is 10.1. The quantitative estimate of drug-likeness (QED) is 0.761. The fourth-order valence-electron chi connectivity index (χ4n) is 2.69. The van der Waals surface area contributed by atoms with Gasteiger partial charge >= 0.3 is 0 Å². The van der Waals surface area contributed by atoms with Crippen molar-refractivity contribution in [3.05, 3.63) is 0 Å². The summed E-state index contributed by atoms with van der Waals surface area (Å²) < 4.78 is 5.29. The molecule has 1 amide bonds. The summed E-state index contributed by atoms with van der Waals surface area (Å²) in [5.41, 5.74) is 0. The van der Waals surface area contributed by atoms with Crippen LogP contribution in [-0.4, -0.2) is 50.7 Å². The molecule has 0 aromatic rings. The van der Waals surface area contributed by atoms with Gasteiger partial charge < -0.3 is 15.0 Å². The predicted octanol–water partition coefficient (Wildman–Crippen LogP) is 0.481. The lowest BCUT2D eigenvalue weighted by Crippen LogP contribution is -2.37. The number of likely N-dealkylation sites (tertiary alicyclic amines) is 1. The highest BCUT2D eigenvalue weighted by Crippen LogP contribution is 2.22. The number of carbonyl (C=O) groups is 1. The minimum Gasteiger partial charge on any atom is -0.381 e. The maximum atomic E-state index is 12.2. The molecule has 4 heteroatoms. The number of nitrogens with one attached hydrogen (secondary N) is 1. The summed E-state index contributed by atoms with van der Waals surface area (Å²) in [6.45, 7) is 4.42. The number of nitrogens with zero attached hydrogens (tertiary/aromatic N) is 1. The van der Waals surface area contributed by atoms with Gasteiger partial charge in [0.15, 0.2) is 0 Å². The van der Waals surface area contributed by atoms with Gasteiger partial charge in [-0.3, -0.25) is 4.79 Å². The molecule has 1 atom stereocenters. The summed E-state index contributed by atoms with van der Waals surface area (Å²) in [6, 6.07) is 0. The molecule has 16 heavy (non-hydrogen) atoms. The Kier molecular flexibility index (Phi) is 4.18. The van der Waals surface area contributed by atoms with Gasteiger partial charge in [0.2, 0.25) is 5.91 Å². The Morgan fingerprint density at radius 1 is 1.38 bits per heavy atom. The van der Waals surface area contributed by atoms with E-state index < -0.39 is 0 Å². The third-order valence-electron chi connectivity index (χ3n) is 3.66. The van der Waals surface area contributed by atoms with Crippen molar-refractivity contribution in [1.82, 2.24) is 10.2 Å². The second kappa shape index (κ2) is 5.64. The van der Waals surface area contributed by atoms with E-state index in [-0.39, 0.29) is 5.92 Å². The Morgan fingerprint density at radius 3 is 2.81 bits per heavy atom. The fourth-order valence-corrected chi connectivity index (χ4v) is 2.69. The van der Waals surface area contributed by atoms with Crippen LogP contribution in [0.25, 0.3) is 0 Å². The molecule has 0 bridgehead atoms. The number of carbonyl (C=O) groups excluding carboxylic acids is 1. The maximum absolute atomic E-state index is 12.2. The molecule has 0 aromatic carbocycles. The van der Waals surface area contributed by atoms with Crippen molar-refractivity contribution in [3.63, 3.8) is 0 Å². The lowest BCUT2D eigenvalue weighted by molar-refractivity contribution is -0.137. The standard InChI is InChI=1S/C12H22N2O2/c1-13-8-10-2-5-14(9-10)12(15)11-3-6-16-7-4-11/h10-11,13H,2-9H2,1H3. The lowest BCUT2D eigenvalue weighted by Gasteiger charge is -2.26. The first-order valence-electron chi connectivity index (χ1n) is 6.32. The molecule has 1 unspecified atom stereocenters. The molecule has 4 nitrogen and oxygen atoms in total. The van der Waals surface area contributed by atoms with E-state index in [1.165, 1.54) is 0 Å². The van der Waals surface area contributed by atoms with Gasteiger partial charge in [0, 0.05) is 32.2 Å². The predicted molar refractivity (Wildman–Crippen MR) is 62.2 cm³/mol. The second-order valence-electron chi connectivity index (χ2n) is 4.88. The van der Waals surface area contributed by atoms with Crippen LogP contribution in [0.1, 0.15) is 19.3 Å². The summed E-state index contributed by atoms with van der Waals surface area (Å²) in [6.07, 6.45) is 2.97. The van der Waals surface area contributed by atoms with Gasteiger partial charge in [-0.15, -0.1) is 0 Å². The first-order chi connectivity index (χ1) is 7.81. The molecule has 2 heterocycles. The molecular formula is C12H22N2O2. The molecule has 0 spiro atoms. The van der Waals surface area contributed by atoms with Crippen molar-refractivity contribution in [3.8, 4) is 0 Å². The van der Waals surface area contributed by atoms with Crippen LogP contribution in [0.4, 0.5) is 0 Å². The van der Waals surface area contributed by atoms with Crippen molar-refractivity contribution >= 4 is 5.91 Å². The topological polar surface area (TPSA) is 41.6 Å². The molecule has 0 aliphatic carbocycles. The normalized spacial score (nSPS) is 27.3. The van der Waals surface area contributed by atoms with E-state index in [0.29, 0.717) is 11.8 Å². The van der Waals surface area contributed by atoms with Crippen molar-refractivity contribution in [2.75, 3.05) is 39.9 Å². The van der Waals surface area contributed by atoms with Gasteiger partial charge in [-0.05, 0) is 38.8 Å². The Labute approximate surface area is 97.3 Å². The van der Waals surface area contributed by atoms with Gasteiger partial charge in [-0.1, -0.05) is 0 Å². The zero-order valence-corrected chi connectivity index (χ0v) is 10.1. The monoisotopic (exact) mass is 226 g/mol. The molecule has 2 aliphatic heterocycles. The second-order valence-corrected chi connectivity index (χ2v) is 4.88. The average Bonchev–Trinajstić information content (AvgIpc) is 2.78. The highest BCUT2D eigenvalue weighted by molar-refractivity contribution is 5.79. The van der Waals surface area contributed by atoms with Crippen LogP contribution in [0.15, 0.2) is 0 Å². The molecule has 2 saturated heterocycles. The van der Waals surface area contributed by atoms with Crippen LogP contribution in [0, 0.1) is 11.8 Å². The number of amides is 1. The third kappa shape index (κ3) is 2.74. The number of hydrogen-bond acceptors (Lipinski definition) is 3. The molecule has 0 aromatic heterocycles. The molecule has 1 N–H and O–H groups in total. The van der Waals surface area contributed by atoms with E-state index in [4.69, 9.17) is 4.74 Å². The van der Waals surface area contributed by atoms with E-state index >= 15 is 0 Å². The molecule has 0 saturated carbocycles. The minimum atomic E-state index is 0.224. The zero-order chi connectivity index (χ0) is 11.4. The number of ether oxygens (including phenoxy) is 1. The van der Waals surface area contributed by atoms with E-state index in [1.54, 1.807) is 0 Å². The largest absolute Gasteiger partial charge is 0.381 e. The highest BCUT2D eigenvalue weighted by atomic mass is 16.5. The summed E-state index contributed by atoms with van der Waals surface area (Å²) in [5, 5.41) is 3.19. The van der Waals surface area contributed by atoms with Gasteiger partial charge in [0.05, 0.1) is 0 Å². The van der Waals surface area contributed by atoms with Gasteiger partial charge in [-0.25, -0.2) is 0 Å². The van der Waals surface area contributed by atoms with Crippen molar-refractivity contribution in [2.45, 2.75) is 19.3 Å². The Balaban J connectivity index is 1.81. The lowest BCUT2D eigenvalue weighted by atomic mass is 9.99. The SMILES string of the molecule is CNCC1CCN(C(=O)C2CCOCC2)C1. The van der Waals surface area contributed by atoms with Crippen LogP contribution in [0.2, 0.25) is 0 Å². The van der Waals surface area contributed by atoms with Crippen LogP contribution in [0.3, 0.4) is 0 Å².